The van der Waals surface area contributed by atoms with Crippen molar-refractivity contribution in [3.05, 3.63) is 39.4 Å². The summed E-state index contributed by atoms with van der Waals surface area (Å²) in [5.74, 6) is -0.736. The summed E-state index contributed by atoms with van der Waals surface area (Å²) >= 11 is 3.38. The monoisotopic (exact) mass is 355 g/mol. The van der Waals surface area contributed by atoms with Gasteiger partial charge < -0.3 is 14.7 Å². The van der Waals surface area contributed by atoms with Crippen molar-refractivity contribution in [2.75, 3.05) is 14.2 Å². The highest BCUT2D eigenvalue weighted by Gasteiger charge is 2.18. The first-order valence-corrected chi connectivity index (χ1v) is 7.05. The van der Waals surface area contributed by atoms with Gasteiger partial charge in [-0.15, -0.1) is 0 Å². The Morgan fingerprint density at radius 2 is 1.90 bits per heavy atom. The van der Waals surface area contributed by atoms with Gasteiger partial charge in [0.05, 0.1) is 7.11 Å². The van der Waals surface area contributed by atoms with Gasteiger partial charge in [-0.1, -0.05) is 15.9 Å². The van der Waals surface area contributed by atoms with Crippen LogP contribution < -0.4 is 4.74 Å². The number of carboxylic acid groups (broad SMARTS) is 1. The quantitative estimate of drug-likeness (QED) is 0.824. The average Bonchev–Trinajstić information content (AvgIpc) is 2.44. The minimum atomic E-state index is -1.09. The Kier molecular flexibility index (Phi) is 5.96. The summed E-state index contributed by atoms with van der Waals surface area (Å²) in [7, 11) is 3.19. The van der Waals surface area contributed by atoms with E-state index in [0.29, 0.717) is 12.3 Å². The van der Waals surface area contributed by atoms with Gasteiger partial charge in [-0.2, -0.15) is 0 Å². The number of amides is 1. The minimum Gasteiger partial charge on any atom is -0.496 e. The molecule has 1 amide bonds. The molecule has 0 aromatic heterocycles. The zero-order valence-corrected chi connectivity index (χ0v) is 14.0. The Hall–Kier alpha value is -1.82. The van der Waals surface area contributed by atoms with Crippen LogP contribution in [0.1, 0.15) is 19.4 Å². The van der Waals surface area contributed by atoms with Gasteiger partial charge in [0.15, 0.2) is 0 Å². The van der Waals surface area contributed by atoms with E-state index in [0.717, 1.165) is 10.0 Å². The molecule has 1 rings (SSSR count). The Morgan fingerprint density at radius 1 is 1.29 bits per heavy atom. The fourth-order valence-electron chi connectivity index (χ4n) is 1.81. The highest BCUT2D eigenvalue weighted by Crippen LogP contribution is 2.24. The molecule has 6 heteroatoms. The number of hydrogen-bond acceptors (Lipinski definition) is 3. The molecular formula is C15H18BrNO4. The number of halogens is 1. The fraction of sp³-hybridized carbons (Fsp3) is 0.333. The standard InChI is InChI=1S/C15H18BrNO4/c1-9(10(2)15(19)20)14(18)17(3)8-11-7-12(16)5-6-13(11)21-4/h5-7H,8H2,1-4H3,(H,19,20)/b10-9-. The summed E-state index contributed by atoms with van der Waals surface area (Å²) in [6.45, 7) is 3.26. The maximum Gasteiger partial charge on any atom is 0.331 e. The predicted molar refractivity (Wildman–Crippen MR) is 83.2 cm³/mol. The lowest BCUT2D eigenvalue weighted by Crippen LogP contribution is -2.28. The first-order valence-electron chi connectivity index (χ1n) is 6.26. The maximum atomic E-state index is 12.2. The van der Waals surface area contributed by atoms with Crippen LogP contribution in [0.15, 0.2) is 33.8 Å². The molecule has 0 bridgehead atoms. The van der Waals surface area contributed by atoms with Gasteiger partial charge in [-0.3, -0.25) is 4.79 Å². The molecule has 0 aliphatic heterocycles. The largest absolute Gasteiger partial charge is 0.496 e. The summed E-state index contributed by atoms with van der Waals surface area (Å²) in [4.78, 5) is 24.6. The van der Waals surface area contributed by atoms with E-state index < -0.39 is 5.97 Å². The molecule has 0 radical (unpaired) electrons. The maximum absolute atomic E-state index is 12.2. The van der Waals surface area contributed by atoms with E-state index in [-0.39, 0.29) is 17.1 Å². The number of carbonyl (C=O) groups is 2. The molecule has 1 aromatic carbocycles. The molecule has 114 valence electrons. The van der Waals surface area contributed by atoms with Crippen LogP contribution in [-0.2, 0) is 16.1 Å². The molecule has 0 unspecified atom stereocenters. The number of methoxy groups -OCH3 is 1. The van der Waals surface area contributed by atoms with E-state index >= 15 is 0 Å². The van der Waals surface area contributed by atoms with Crippen LogP contribution in [0.3, 0.4) is 0 Å². The van der Waals surface area contributed by atoms with Crippen molar-refractivity contribution in [3.8, 4) is 5.75 Å². The van der Waals surface area contributed by atoms with Crippen LogP contribution in [0.25, 0.3) is 0 Å². The van der Waals surface area contributed by atoms with Gasteiger partial charge in [0.1, 0.15) is 5.75 Å². The van der Waals surface area contributed by atoms with Gasteiger partial charge in [0.25, 0.3) is 0 Å². The van der Waals surface area contributed by atoms with Crippen molar-refractivity contribution in [3.63, 3.8) is 0 Å². The van der Waals surface area contributed by atoms with Crippen LogP contribution in [-0.4, -0.2) is 36.0 Å². The first kappa shape index (κ1) is 17.2. The number of benzene rings is 1. The molecule has 1 aromatic rings. The van der Waals surface area contributed by atoms with Crippen molar-refractivity contribution < 1.29 is 19.4 Å². The third-order valence-corrected chi connectivity index (χ3v) is 3.69. The summed E-state index contributed by atoms with van der Waals surface area (Å²) in [6.07, 6.45) is 0. The molecule has 21 heavy (non-hydrogen) atoms. The molecule has 0 atom stereocenters. The second-order valence-electron chi connectivity index (χ2n) is 4.67. The fourth-order valence-corrected chi connectivity index (χ4v) is 2.21. The normalized spacial score (nSPS) is 11.7. The van der Waals surface area contributed by atoms with Crippen LogP contribution in [0.2, 0.25) is 0 Å². The molecule has 1 N–H and O–H groups in total. The average molecular weight is 356 g/mol. The molecule has 0 aliphatic rings. The molecule has 0 saturated heterocycles. The number of rotatable bonds is 5. The van der Waals surface area contributed by atoms with Crippen LogP contribution in [0.4, 0.5) is 0 Å². The Balaban J connectivity index is 2.99. The number of likely N-dealkylation sites (N-methyl/N-ethyl adjacent to an activating group) is 1. The van der Waals surface area contributed by atoms with Crippen LogP contribution >= 0.6 is 15.9 Å². The number of hydrogen-bond donors (Lipinski definition) is 1. The van der Waals surface area contributed by atoms with E-state index in [1.54, 1.807) is 14.2 Å². The second kappa shape index (κ2) is 7.26. The lowest BCUT2D eigenvalue weighted by molar-refractivity contribution is -0.133. The lowest BCUT2D eigenvalue weighted by Gasteiger charge is -2.20. The number of nitrogens with zero attached hydrogens (tertiary/aromatic N) is 1. The van der Waals surface area contributed by atoms with Crippen molar-refractivity contribution >= 4 is 27.8 Å². The second-order valence-corrected chi connectivity index (χ2v) is 5.59. The highest BCUT2D eigenvalue weighted by atomic mass is 79.9. The van der Waals surface area contributed by atoms with Crippen LogP contribution in [0, 0.1) is 0 Å². The third kappa shape index (κ3) is 4.32. The molecule has 0 spiro atoms. The summed E-state index contributed by atoms with van der Waals surface area (Å²) in [5, 5.41) is 8.94. The zero-order valence-electron chi connectivity index (χ0n) is 12.4. The van der Waals surface area contributed by atoms with Crippen molar-refractivity contribution in [1.29, 1.82) is 0 Å². The topological polar surface area (TPSA) is 66.8 Å². The lowest BCUT2D eigenvalue weighted by atomic mass is 10.1. The SMILES string of the molecule is COc1ccc(Br)cc1CN(C)C(=O)/C(C)=C(/C)C(=O)O. The third-order valence-electron chi connectivity index (χ3n) is 3.20. The minimum absolute atomic E-state index is 0.0491. The van der Waals surface area contributed by atoms with Gasteiger partial charge >= 0.3 is 5.97 Å². The van der Waals surface area contributed by atoms with Gasteiger partial charge in [-0.05, 0) is 32.0 Å². The van der Waals surface area contributed by atoms with Gasteiger partial charge in [0, 0.05) is 34.8 Å². The van der Waals surface area contributed by atoms with E-state index in [9.17, 15) is 9.59 Å². The molecule has 0 heterocycles. The first-order chi connectivity index (χ1) is 9.77. The molecule has 5 nitrogen and oxygen atoms in total. The molecule has 0 fully saturated rings. The highest BCUT2D eigenvalue weighted by molar-refractivity contribution is 9.10. The van der Waals surface area contributed by atoms with Crippen molar-refractivity contribution in [2.45, 2.75) is 20.4 Å². The van der Waals surface area contributed by atoms with Gasteiger partial charge in [0.2, 0.25) is 5.91 Å². The summed E-state index contributed by atoms with van der Waals surface area (Å²) in [5.41, 5.74) is 1.11. The molecule has 0 saturated carbocycles. The number of carboxylic acids is 1. The van der Waals surface area contributed by atoms with E-state index in [2.05, 4.69) is 15.9 Å². The number of aliphatic carboxylic acids is 1. The van der Waals surface area contributed by atoms with Crippen molar-refractivity contribution in [2.24, 2.45) is 0 Å². The smallest absolute Gasteiger partial charge is 0.331 e. The van der Waals surface area contributed by atoms with Gasteiger partial charge in [-0.25, -0.2) is 4.79 Å². The Morgan fingerprint density at radius 3 is 2.43 bits per heavy atom. The predicted octanol–water partition coefficient (Wildman–Crippen LogP) is 2.84. The Labute approximate surface area is 132 Å². The van der Waals surface area contributed by atoms with Crippen LogP contribution in [0.5, 0.6) is 5.75 Å². The number of carbonyl (C=O) groups excluding carboxylic acids is 1. The molecular weight excluding hydrogens is 338 g/mol. The van der Waals surface area contributed by atoms with E-state index in [1.165, 1.54) is 18.7 Å². The zero-order chi connectivity index (χ0) is 16.2. The Bertz CT molecular complexity index is 595. The summed E-state index contributed by atoms with van der Waals surface area (Å²) < 4.78 is 6.14. The summed E-state index contributed by atoms with van der Waals surface area (Å²) in [6, 6.07) is 5.53. The number of ether oxygens (including phenoxy) is 1. The van der Waals surface area contributed by atoms with E-state index in [4.69, 9.17) is 9.84 Å². The van der Waals surface area contributed by atoms with E-state index in [1.807, 2.05) is 18.2 Å². The molecule has 0 aliphatic carbocycles. The van der Waals surface area contributed by atoms with Crippen molar-refractivity contribution in [1.82, 2.24) is 4.90 Å².